The Morgan fingerprint density at radius 1 is 1.35 bits per heavy atom. The van der Waals surface area contributed by atoms with Gasteiger partial charge in [-0.05, 0) is 38.5 Å². The molecule has 2 aromatic rings. The second kappa shape index (κ2) is 6.05. The van der Waals surface area contributed by atoms with Gasteiger partial charge < -0.3 is 10.5 Å². The lowest BCUT2D eigenvalue weighted by atomic mass is 10.1. The first-order valence-electron chi connectivity index (χ1n) is 6.58. The van der Waals surface area contributed by atoms with Gasteiger partial charge in [-0.2, -0.15) is 5.10 Å². The second-order valence-corrected chi connectivity index (χ2v) is 5.17. The molecule has 1 aromatic carbocycles. The fraction of sp³-hybridized carbons (Fsp3) is 0.333. The maximum absolute atomic E-state index is 5.89. The molecule has 2 N–H and O–H groups in total. The molecular weight excluding hydrogens is 270 g/mol. The van der Waals surface area contributed by atoms with E-state index in [1.165, 1.54) is 0 Å². The molecule has 106 valence electrons. The SMILES string of the molecule is CCn1nc(C)cc1COc1cc(C(N)=S)ccc1C. The number of hydrogen-bond donors (Lipinski definition) is 1. The summed E-state index contributed by atoms with van der Waals surface area (Å²) in [4.78, 5) is 0.379. The first kappa shape index (κ1) is 14.5. The summed E-state index contributed by atoms with van der Waals surface area (Å²) in [5.74, 6) is 0.803. The van der Waals surface area contributed by atoms with Crippen LogP contribution in [0.2, 0.25) is 0 Å². The Balaban J connectivity index is 2.18. The predicted molar refractivity (Wildman–Crippen MR) is 84.0 cm³/mol. The van der Waals surface area contributed by atoms with Crippen LogP contribution >= 0.6 is 12.2 Å². The normalized spacial score (nSPS) is 10.6. The van der Waals surface area contributed by atoms with Gasteiger partial charge in [-0.1, -0.05) is 24.4 Å². The maximum Gasteiger partial charge on any atom is 0.130 e. The van der Waals surface area contributed by atoms with Crippen LogP contribution in [0.3, 0.4) is 0 Å². The summed E-state index contributed by atoms with van der Waals surface area (Å²) in [5.41, 5.74) is 9.59. The number of aromatic nitrogens is 2. The molecule has 1 aromatic heterocycles. The van der Waals surface area contributed by atoms with Gasteiger partial charge in [-0.25, -0.2) is 0 Å². The van der Waals surface area contributed by atoms with E-state index in [9.17, 15) is 0 Å². The standard InChI is InChI=1S/C15H19N3OS/c1-4-18-13(7-11(3)17-18)9-19-14-8-12(15(16)20)6-5-10(14)2/h5-8H,4,9H2,1-3H3,(H2,16,20). The van der Waals surface area contributed by atoms with Crippen molar-refractivity contribution in [2.75, 3.05) is 0 Å². The van der Waals surface area contributed by atoms with E-state index in [1.54, 1.807) is 0 Å². The van der Waals surface area contributed by atoms with Crippen LogP contribution in [-0.4, -0.2) is 14.8 Å². The Hall–Kier alpha value is -1.88. The van der Waals surface area contributed by atoms with E-state index < -0.39 is 0 Å². The van der Waals surface area contributed by atoms with E-state index >= 15 is 0 Å². The second-order valence-electron chi connectivity index (χ2n) is 4.73. The average molecular weight is 289 g/mol. The maximum atomic E-state index is 5.89. The molecule has 0 bridgehead atoms. The van der Waals surface area contributed by atoms with Gasteiger partial charge >= 0.3 is 0 Å². The van der Waals surface area contributed by atoms with Crippen molar-refractivity contribution in [3.8, 4) is 5.75 Å². The zero-order valence-electron chi connectivity index (χ0n) is 12.0. The summed E-state index contributed by atoms with van der Waals surface area (Å²) in [5, 5.41) is 4.41. The molecule has 4 nitrogen and oxygen atoms in total. The van der Waals surface area contributed by atoms with Gasteiger partial charge in [0.15, 0.2) is 0 Å². The first-order valence-corrected chi connectivity index (χ1v) is 6.98. The van der Waals surface area contributed by atoms with E-state index in [4.69, 9.17) is 22.7 Å². The number of nitrogens with zero attached hydrogens (tertiary/aromatic N) is 2. The lowest BCUT2D eigenvalue weighted by molar-refractivity contribution is 0.290. The van der Waals surface area contributed by atoms with Gasteiger partial charge in [0.1, 0.15) is 17.3 Å². The largest absolute Gasteiger partial charge is 0.487 e. The van der Waals surface area contributed by atoms with E-state index in [-0.39, 0.29) is 0 Å². The van der Waals surface area contributed by atoms with Gasteiger partial charge in [0.2, 0.25) is 0 Å². The zero-order chi connectivity index (χ0) is 14.7. The zero-order valence-corrected chi connectivity index (χ0v) is 12.8. The van der Waals surface area contributed by atoms with Gasteiger partial charge in [0.25, 0.3) is 0 Å². The van der Waals surface area contributed by atoms with Crippen LogP contribution in [0.5, 0.6) is 5.75 Å². The summed E-state index contributed by atoms with van der Waals surface area (Å²) in [6, 6.07) is 7.80. The first-order chi connectivity index (χ1) is 9.51. The molecule has 0 aliphatic rings. The summed E-state index contributed by atoms with van der Waals surface area (Å²) in [6.45, 7) is 7.36. The van der Waals surface area contributed by atoms with Crippen molar-refractivity contribution in [3.05, 3.63) is 46.8 Å². The number of nitrogens with two attached hydrogens (primary N) is 1. The Morgan fingerprint density at radius 2 is 2.10 bits per heavy atom. The highest BCUT2D eigenvalue weighted by Gasteiger charge is 2.07. The highest BCUT2D eigenvalue weighted by atomic mass is 32.1. The van der Waals surface area contributed by atoms with Crippen molar-refractivity contribution in [2.45, 2.75) is 33.9 Å². The minimum Gasteiger partial charge on any atom is -0.487 e. The molecule has 0 unspecified atom stereocenters. The van der Waals surface area contributed by atoms with Crippen LogP contribution in [0.15, 0.2) is 24.3 Å². The third-order valence-electron chi connectivity index (χ3n) is 3.13. The average Bonchev–Trinajstić information content (AvgIpc) is 2.77. The van der Waals surface area contributed by atoms with Crippen molar-refractivity contribution in [2.24, 2.45) is 5.73 Å². The number of aryl methyl sites for hydroxylation is 3. The molecule has 0 fully saturated rings. The summed E-state index contributed by atoms with van der Waals surface area (Å²) in [7, 11) is 0. The molecular formula is C15H19N3OS. The Bertz CT molecular complexity index is 634. The molecule has 1 heterocycles. The van der Waals surface area contributed by atoms with E-state index in [0.29, 0.717) is 11.6 Å². The van der Waals surface area contributed by atoms with Crippen molar-refractivity contribution in [1.29, 1.82) is 0 Å². The van der Waals surface area contributed by atoms with E-state index in [2.05, 4.69) is 12.0 Å². The summed E-state index contributed by atoms with van der Waals surface area (Å²) in [6.07, 6.45) is 0. The quantitative estimate of drug-likeness (QED) is 0.860. The fourth-order valence-electron chi connectivity index (χ4n) is 2.05. The van der Waals surface area contributed by atoms with Crippen LogP contribution < -0.4 is 10.5 Å². The van der Waals surface area contributed by atoms with E-state index in [1.807, 2.05) is 42.8 Å². The molecule has 20 heavy (non-hydrogen) atoms. The van der Waals surface area contributed by atoms with Gasteiger partial charge in [-0.3, -0.25) is 4.68 Å². The number of hydrogen-bond acceptors (Lipinski definition) is 3. The topological polar surface area (TPSA) is 53.1 Å². The molecule has 0 radical (unpaired) electrons. The molecule has 0 amide bonds. The molecule has 2 rings (SSSR count). The molecule has 0 saturated carbocycles. The minimum atomic E-state index is 0.379. The van der Waals surface area contributed by atoms with Crippen molar-refractivity contribution < 1.29 is 4.74 Å². The molecule has 5 heteroatoms. The Labute approximate surface area is 124 Å². The molecule has 0 saturated heterocycles. The predicted octanol–water partition coefficient (Wildman–Crippen LogP) is 2.73. The van der Waals surface area contributed by atoms with Crippen molar-refractivity contribution in [1.82, 2.24) is 9.78 Å². The highest BCUT2D eigenvalue weighted by molar-refractivity contribution is 7.80. The Morgan fingerprint density at radius 3 is 2.75 bits per heavy atom. The third kappa shape index (κ3) is 3.17. The monoisotopic (exact) mass is 289 g/mol. The Kier molecular flexibility index (Phi) is 4.39. The molecule has 0 aliphatic heterocycles. The number of rotatable bonds is 5. The lowest BCUT2D eigenvalue weighted by Gasteiger charge is -2.11. The van der Waals surface area contributed by atoms with Gasteiger partial charge in [0.05, 0.1) is 11.4 Å². The van der Waals surface area contributed by atoms with Crippen LogP contribution in [0.4, 0.5) is 0 Å². The van der Waals surface area contributed by atoms with Crippen LogP contribution in [0.25, 0.3) is 0 Å². The summed E-state index contributed by atoms with van der Waals surface area (Å²) < 4.78 is 7.84. The molecule has 0 aliphatic carbocycles. The fourth-order valence-corrected chi connectivity index (χ4v) is 2.18. The highest BCUT2D eigenvalue weighted by Crippen LogP contribution is 2.21. The van der Waals surface area contributed by atoms with Gasteiger partial charge in [-0.15, -0.1) is 0 Å². The molecule has 0 atom stereocenters. The number of ether oxygens (including phenoxy) is 1. The smallest absolute Gasteiger partial charge is 0.130 e. The number of thiocarbonyl (C=S) groups is 1. The van der Waals surface area contributed by atoms with Crippen LogP contribution in [0.1, 0.15) is 29.4 Å². The molecule has 0 spiro atoms. The third-order valence-corrected chi connectivity index (χ3v) is 3.37. The van der Waals surface area contributed by atoms with E-state index in [0.717, 1.165) is 34.8 Å². The number of benzene rings is 1. The summed E-state index contributed by atoms with van der Waals surface area (Å²) >= 11 is 4.99. The van der Waals surface area contributed by atoms with Crippen LogP contribution in [0, 0.1) is 13.8 Å². The van der Waals surface area contributed by atoms with Crippen molar-refractivity contribution >= 4 is 17.2 Å². The van der Waals surface area contributed by atoms with Crippen molar-refractivity contribution in [3.63, 3.8) is 0 Å². The van der Waals surface area contributed by atoms with Crippen LogP contribution in [-0.2, 0) is 13.2 Å². The minimum absolute atomic E-state index is 0.379. The van der Waals surface area contributed by atoms with Gasteiger partial charge in [0, 0.05) is 12.1 Å². The lowest BCUT2D eigenvalue weighted by Crippen LogP contribution is -2.10.